The molecule has 0 radical (unpaired) electrons. The van der Waals surface area contributed by atoms with Crippen molar-refractivity contribution in [2.24, 2.45) is 0 Å². The first kappa shape index (κ1) is 11.9. The van der Waals surface area contributed by atoms with Crippen LogP contribution in [0, 0.1) is 10.1 Å². The SMILES string of the molecule is COC(=O)c1ccc(/[14CH]=C(\C)[N+](=O)[O-])cc1. The van der Waals surface area contributed by atoms with Gasteiger partial charge in [0.05, 0.1) is 17.6 Å². The number of allylic oxidation sites excluding steroid dienone is 1. The Balaban J connectivity index is 2.91. The molecule has 0 aromatic heterocycles. The summed E-state index contributed by atoms with van der Waals surface area (Å²) in [7, 11) is 1.30. The number of rotatable bonds is 3. The molecule has 84 valence electrons. The molecule has 5 heteroatoms. The van der Waals surface area contributed by atoms with Crippen molar-refractivity contribution in [3.8, 4) is 0 Å². The summed E-state index contributed by atoms with van der Waals surface area (Å²) in [6.45, 7) is 1.41. The number of nitro groups is 1. The molecule has 0 aliphatic heterocycles. The zero-order chi connectivity index (χ0) is 12.1. The standard InChI is InChI=1S/C11H11NO4/c1-8(12(14)15)7-9-3-5-10(6-4-9)11(13)16-2/h3-7H,1-2H3/b8-7+/i7+2. The van der Waals surface area contributed by atoms with Crippen LogP contribution in [0.5, 0.6) is 0 Å². The second kappa shape index (κ2) is 5.06. The van der Waals surface area contributed by atoms with E-state index in [0.717, 1.165) is 0 Å². The van der Waals surface area contributed by atoms with Crippen LogP contribution in [-0.2, 0) is 4.74 Å². The zero-order valence-electron chi connectivity index (χ0n) is 8.97. The van der Waals surface area contributed by atoms with Crippen LogP contribution in [0.2, 0.25) is 0 Å². The fraction of sp³-hybridized carbons (Fsp3) is 0.182. The normalized spacial score (nSPS) is 11.0. The molecular formula is C11H11NO4. The van der Waals surface area contributed by atoms with E-state index < -0.39 is 10.9 Å². The van der Waals surface area contributed by atoms with Crippen molar-refractivity contribution in [2.75, 3.05) is 7.11 Å². The van der Waals surface area contributed by atoms with E-state index in [1.54, 1.807) is 24.3 Å². The molecule has 0 spiro atoms. The Morgan fingerprint density at radius 1 is 1.38 bits per heavy atom. The number of esters is 1. The van der Waals surface area contributed by atoms with Crippen LogP contribution in [0.25, 0.3) is 6.08 Å². The highest BCUT2D eigenvalue weighted by Gasteiger charge is 2.05. The maximum Gasteiger partial charge on any atom is 0.337 e. The Morgan fingerprint density at radius 3 is 2.38 bits per heavy atom. The molecule has 0 aliphatic rings. The van der Waals surface area contributed by atoms with Crippen LogP contribution in [-0.4, -0.2) is 18.0 Å². The van der Waals surface area contributed by atoms with Crippen molar-refractivity contribution in [3.63, 3.8) is 0 Å². The van der Waals surface area contributed by atoms with Gasteiger partial charge in [-0.1, -0.05) is 12.1 Å². The minimum atomic E-state index is -0.464. The second-order valence-electron chi connectivity index (χ2n) is 3.16. The van der Waals surface area contributed by atoms with E-state index in [0.29, 0.717) is 11.1 Å². The number of carbonyl (C=O) groups excluding carboxylic acids is 1. The Hall–Kier alpha value is -2.17. The largest absolute Gasteiger partial charge is 0.465 e. The minimum absolute atomic E-state index is 0.0471. The van der Waals surface area contributed by atoms with E-state index in [9.17, 15) is 14.9 Å². The highest BCUT2D eigenvalue weighted by molar-refractivity contribution is 5.89. The molecule has 0 amide bonds. The Morgan fingerprint density at radius 2 is 1.94 bits per heavy atom. The van der Waals surface area contributed by atoms with Gasteiger partial charge in [0, 0.05) is 13.0 Å². The molecular weight excluding hydrogens is 212 g/mol. The monoisotopic (exact) mass is 223 g/mol. The minimum Gasteiger partial charge on any atom is -0.465 e. The first-order valence-electron chi connectivity index (χ1n) is 4.55. The molecule has 0 heterocycles. The third-order valence-electron chi connectivity index (χ3n) is 2.00. The van der Waals surface area contributed by atoms with E-state index in [2.05, 4.69) is 4.74 Å². The van der Waals surface area contributed by atoms with E-state index >= 15 is 0 Å². The molecule has 0 saturated heterocycles. The third kappa shape index (κ3) is 2.91. The van der Waals surface area contributed by atoms with E-state index in [1.165, 1.54) is 20.1 Å². The van der Waals surface area contributed by atoms with Crippen LogP contribution in [0.4, 0.5) is 0 Å². The van der Waals surface area contributed by atoms with Crippen LogP contribution in [0.1, 0.15) is 22.8 Å². The van der Waals surface area contributed by atoms with Gasteiger partial charge in [-0.15, -0.1) is 0 Å². The first-order chi connectivity index (χ1) is 7.54. The number of nitrogens with zero attached hydrogens (tertiary/aromatic N) is 1. The van der Waals surface area contributed by atoms with Gasteiger partial charge in [-0.2, -0.15) is 0 Å². The Labute approximate surface area is 92.5 Å². The van der Waals surface area contributed by atoms with E-state index in [4.69, 9.17) is 0 Å². The Kier molecular flexibility index (Phi) is 3.77. The van der Waals surface area contributed by atoms with Gasteiger partial charge in [0.1, 0.15) is 0 Å². The summed E-state index contributed by atoms with van der Waals surface area (Å²) in [6, 6.07) is 6.37. The van der Waals surface area contributed by atoms with Crippen LogP contribution < -0.4 is 0 Å². The van der Waals surface area contributed by atoms with Crippen LogP contribution >= 0.6 is 0 Å². The fourth-order valence-corrected chi connectivity index (χ4v) is 1.13. The average Bonchev–Trinajstić information content (AvgIpc) is 2.28. The smallest absolute Gasteiger partial charge is 0.337 e. The number of hydrogen-bond donors (Lipinski definition) is 0. The second-order valence-corrected chi connectivity index (χ2v) is 3.16. The first-order valence-corrected chi connectivity index (χ1v) is 4.55. The predicted octanol–water partition coefficient (Wildman–Crippen LogP) is 2.11. The molecule has 0 N–H and O–H groups in total. The van der Waals surface area contributed by atoms with Gasteiger partial charge in [-0.3, -0.25) is 10.1 Å². The summed E-state index contributed by atoms with van der Waals surface area (Å²) in [5.41, 5.74) is 1.13. The van der Waals surface area contributed by atoms with Gasteiger partial charge in [-0.05, 0) is 17.7 Å². The fourth-order valence-electron chi connectivity index (χ4n) is 1.13. The third-order valence-corrected chi connectivity index (χ3v) is 2.00. The number of methoxy groups -OCH3 is 1. The molecule has 16 heavy (non-hydrogen) atoms. The average molecular weight is 223 g/mol. The Bertz CT molecular complexity index is 434. The topological polar surface area (TPSA) is 69.4 Å². The highest BCUT2D eigenvalue weighted by atomic mass is 16.6. The summed E-state index contributed by atoms with van der Waals surface area (Å²) in [4.78, 5) is 21.0. The number of carbonyl (C=O) groups is 1. The molecule has 1 rings (SSSR count). The molecule has 0 atom stereocenters. The predicted molar refractivity (Wildman–Crippen MR) is 58.4 cm³/mol. The number of benzene rings is 1. The van der Waals surface area contributed by atoms with Gasteiger partial charge >= 0.3 is 5.97 Å². The van der Waals surface area contributed by atoms with Crippen LogP contribution in [0.3, 0.4) is 0 Å². The summed E-state index contributed by atoms with van der Waals surface area (Å²) < 4.78 is 4.53. The highest BCUT2D eigenvalue weighted by Crippen LogP contribution is 2.09. The van der Waals surface area contributed by atoms with Gasteiger partial charge in [0.15, 0.2) is 0 Å². The van der Waals surface area contributed by atoms with Crippen molar-refractivity contribution in [3.05, 3.63) is 51.2 Å². The maximum absolute atomic E-state index is 11.1. The summed E-state index contributed by atoms with van der Waals surface area (Å²) in [6.07, 6.45) is 1.43. The molecule has 0 bridgehead atoms. The number of hydrogen-bond acceptors (Lipinski definition) is 4. The summed E-state index contributed by atoms with van der Waals surface area (Å²) >= 11 is 0. The molecule has 0 aliphatic carbocycles. The number of ether oxygens (including phenoxy) is 1. The molecule has 0 unspecified atom stereocenters. The molecule has 0 saturated carbocycles. The van der Waals surface area contributed by atoms with E-state index in [1.807, 2.05) is 0 Å². The van der Waals surface area contributed by atoms with Gasteiger partial charge < -0.3 is 4.74 Å². The zero-order valence-corrected chi connectivity index (χ0v) is 8.97. The van der Waals surface area contributed by atoms with Crippen molar-refractivity contribution < 1.29 is 14.5 Å². The van der Waals surface area contributed by atoms with Gasteiger partial charge in [-0.25, -0.2) is 4.79 Å². The molecule has 0 fully saturated rings. The molecule has 1 aromatic carbocycles. The van der Waals surface area contributed by atoms with Gasteiger partial charge in [0.2, 0.25) is 5.70 Å². The van der Waals surface area contributed by atoms with Gasteiger partial charge in [0.25, 0.3) is 0 Å². The van der Waals surface area contributed by atoms with Crippen molar-refractivity contribution >= 4 is 12.0 Å². The van der Waals surface area contributed by atoms with Crippen molar-refractivity contribution in [1.29, 1.82) is 0 Å². The lowest BCUT2D eigenvalue weighted by atomic mass is 10.2. The molecule has 1 aromatic rings. The van der Waals surface area contributed by atoms with Crippen LogP contribution in [0.15, 0.2) is 30.0 Å². The summed E-state index contributed by atoms with van der Waals surface area (Å²) in [5.74, 6) is -0.429. The lowest BCUT2D eigenvalue weighted by Crippen LogP contribution is -2.00. The maximum atomic E-state index is 11.1. The van der Waals surface area contributed by atoms with Crippen molar-refractivity contribution in [2.45, 2.75) is 6.92 Å². The van der Waals surface area contributed by atoms with E-state index in [-0.39, 0.29) is 5.70 Å². The lowest BCUT2D eigenvalue weighted by Gasteiger charge is -1.99. The quantitative estimate of drug-likeness (QED) is 0.447. The van der Waals surface area contributed by atoms with Crippen molar-refractivity contribution in [1.82, 2.24) is 0 Å². The lowest BCUT2D eigenvalue weighted by molar-refractivity contribution is -0.422. The summed E-state index contributed by atoms with van der Waals surface area (Å²) in [5, 5.41) is 10.4. The molecule has 5 nitrogen and oxygen atoms in total.